The van der Waals surface area contributed by atoms with Gasteiger partial charge in [-0.05, 0) is 85.7 Å². The van der Waals surface area contributed by atoms with Crippen LogP contribution in [0, 0.1) is 40.4 Å². The summed E-state index contributed by atoms with van der Waals surface area (Å²) in [4.78, 5) is 26.8. The molecule has 0 radical (unpaired) electrons. The number of allylic oxidation sites excluding steroid dienone is 1. The maximum atomic E-state index is 13.6. The highest BCUT2D eigenvalue weighted by molar-refractivity contribution is 8.13. The third kappa shape index (κ3) is 4.75. The molecule has 4 aliphatic rings. The zero-order chi connectivity index (χ0) is 28.5. The van der Waals surface area contributed by atoms with E-state index in [9.17, 15) is 14.7 Å². The topological polar surface area (TPSA) is 63.6 Å². The summed E-state index contributed by atoms with van der Waals surface area (Å²) >= 11 is 1.29. The van der Waals surface area contributed by atoms with Gasteiger partial charge in [0.15, 0.2) is 19.2 Å². The molecule has 0 heterocycles. The number of carbonyl (C=O) groups excluding carboxylic acids is 2. The molecule has 4 nitrogen and oxygen atoms in total. The van der Waals surface area contributed by atoms with E-state index in [-0.39, 0.29) is 27.3 Å². The molecule has 0 aromatic heterocycles. The van der Waals surface area contributed by atoms with Crippen LogP contribution < -0.4 is 0 Å². The van der Waals surface area contributed by atoms with Gasteiger partial charge in [-0.3, -0.25) is 9.59 Å². The third-order valence-electron chi connectivity index (χ3n) is 12.0. The van der Waals surface area contributed by atoms with Crippen molar-refractivity contribution in [1.82, 2.24) is 0 Å². The minimum Gasteiger partial charge on any atom is -0.414 e. The van der Waals surface area contributed by atoms with E-state index in [1.54, 1.807) is 12.5 Å². The highest BCUT2D eigenvalue weighted by Gasteiger charge is 2.69. The van der Waals surface area contributed by atoms with Gasteiger partial charge in [-0.25, -0.2) is 0 Å². The largest absolute Gasteiger partial charge is 0.414 e. The Morgan fingerprint density at radius 3 is 2.39 bits per heavy atom. The van der Waals surface area contributed by atoms with Gasteiger partial charge in [-0.15, -0.1) is 0 Å². The SMILES string of the molecule is CC(C)CSC(=O)[C@@H](C)[C@@]1(O)C(=O)C[C@H]2[C@@H]3CC=C4C[C@@H](O[Si](C)(C)C(C)(C)C)CC[C@]4(C)[C@H]3CC[C@@]21C. The molecule has 1 N–H and O–H groups in total. The van der Waals surface area contributed by atoms with Crippen LogP contribution >= 0.6 is 11.8 Å². The molecule has 3 saturated carbocycles. The fourth-order valence-electron chi connectivity index (χ4n) is 8.45. The van der Waals surface area contributed by atoms with E-state index >= 15 is 0 Å². The fraction of sp³-hybridized carbons (Fsp3) is 0.875. The van der Waals surface area contributed by atoms with Crippen molar-refractivity contribution < 1.29 is 19.1 Å². The van der Waals surface area contributed by atoms with Crippen molar-refractivity contribution >= 4 is 31.0 Å². The normalized spacial score (nSPS) is 40.3. The summed E-state index contributed by atoms with van der Waals surface area (Å²) in [6, 6.07) is 0. The van der Waals surface area contributed by atoms with E-state index in [0.717, 1.165) is 44.3 Å². The number of hydrogen-bond donors (Lipinski definition) is 1. The predicted molar refractivity (Wildman–Crippen MR) is 161 cm³/mol. The van der Waals surface area contributed by atoms with Crippen LogP contribution in [0.1, 0.15) is 100 Å². The molecule has 0 aromatic rings. The minimum absolute atomic E-state index is 0.0311. The predicted octanol–water partition coefficient (Wildman–Crippen LogP) is 7.80. The zero-order valence-electron chi connectivity index (χ0n) is 25.8. The quantitative estimate of drug-likeness (QED) is 0.264. The van der Waals surface area contributed by atoms with Gasteiger partial charge in [-0.1, -0.05) is 78.8 Å². The number of Topliss-reactive ketones (excluding diaryl/α,β-unsaturated/α-hetero) is 1. The van der Waals surface area contributed by atoms with Crippen LogP contribution in [-0.4, -0.2) is 41.8 Å². The summed E-state index contributed by atoms with van der Waals surface area (Å²) in [6.45, 7) is 22.3. The molecule has 0 spiro atoms. The van der Waals surface area contributed by atoms with Crippen LogP contribution in [0.3, 0.4) is 0 Å². The molecule has 3 fully saturated rings. The summed E-state index contributed by atoms with van der Waals surface area (Å²) in [7, 11) is -1.81. The van der Waals surface area contributed by atoms with Crippen molar-refractivity contribution in [3.05, 3.63) is 11.6 Å². The molecule has 38 heavy (non-hydrogen) atoms. The molecule has 4 aliphatic carbocycles. The van der Waals surface area contributed by atoms with Crippen LogP contribution in [-0.2, 0) is 14.0 Å². The second kappa shape index (κ2) is 10.1. The molecule has 0 bridgehead atoms. The Kier molecular flexibility index (Phi) is 8.14. The Hall–Kier alpha value is -0.433. The Bertz CT molecular complexity index is 982. The van der Waals surface area contributed by atoms with E-state index in [1.165, 1.54) is 11.8 Å². The average Bonchev–Trinajstić information content (AvgIpc) is 3.02. The Morgan fingerprint density at radius 1 is 1.13 bits per heavy atom. The number of rotatable bonds is 6. The van der Waals surface area contributed by atoms with Gasteiger partial charge in [0.1, 0.15) is 5.60 Å². The molecule has 0 amide bonds. The second-order valence-electron chi connectivity index (χ2n) is 15.6. The molecule has 0 aromatic carbocycles. The van der Waals surface area contributed by atoms with Crippen molar-refractivity contribution in [2.24, 2.45) is 40.4 Å². The fourth-order valence-corrected chi connectivity index (χ4v) is 10.8. The molecule has 6 heteroatoms. The number of fused-ring (bicyclic) bond motifs is 5. The third-order valence-corrected chi connectivity index (χ3v) is 18.0. The van der Waals surface area contributed by atoms with Gasteiger partial charge >= 0.3 is 0 Å². The number of ketones is 1. The van der Waals surface area contributed by atoms with Crippen molar-refractivity contribution in [2.75, 3.05) is 5.75 Å². The van der Waals surface area contributed by atoms with Crippen molar-refractivity contribution in [3.8, 4) is 0 Å². The number of thioether (sulfide) groups is 1. The van der Waals surface area contributed by atoms with Crippen LogP contribution in [0.4, 0.5) is 0 Å². The molecule has 0 aliphatic heterocycles. The van der Waals surface area contributed by atoms with Crippen molar-refractivity contribution in [3.63, 3.8) is 0 Å². The van der Waals surface area contributed by atoms with Gasteiger partial charge < -0.3 is 9.53 Å². The molecule has 0 unspecified atom stereocenters. The lowest BCUT2D eigenvalue weighted by Gasteiger charge is -2.59. The van der Waals surface area contributed by atoms with Gasteiger partial charge in [0, 0.05) is 23.7 Å². The monoisotopic (exact) mass is 562 g/mol. The number of aliphatic hydroxyl groups is 1. The molecule has 216 valence electrons. The van der Waals surface area contributed by atoms with Gasteiger partial charge in [0.2, 0.25) is 0 Å². The first kappa shape index (κ1) is 30.5. The molecular formula is C32H54O4SSi. The first-order valence-electron chi connectivity index (χ1n) is 15.2. The van der Waals surface area contributed by atoms with E-state index in [0.29, 0.717) is 30.3 Å². The zero-order valence-corrected chi connectivity index (χ0v) is 27.6. The van der Waals surface area contributed by atoms with E-state index < -0.39 is 25.3 Å². The van der Waals surface area contributed by atoms with Gasteiger partial charge in [0.05, 0.1) is 5.92 Å². The van der Waals surface area contributed by atoms with Crippen molar-refractivity contribution in [1.29, 1.82) is 0 Å². The Labute approximate surface area is 237 Å². The number of hydrogen-bond acceptors (Lipinski definition) is 5. The lowest BCUT2D eigenvalue weighted by molar-refractivity contribution is -0.168. The van der Waals surface area contributed by atoms with E-state index in [4.69, 9.17) is 4.43 Å². The van der Waals surface area contributed by atoms with Crippen molar-refractivity contribution in [2.45, 2.75) is 130 Å². The summed E-state index contributed by atoms with van der Waals surface area (Å²) in [6.07, 6.45) is 9.32. The summed E-state index contributed by atoms with van der Waals surface area (Å²) in [5, 5.41) is 12.3. The van der Waals surface area contributed by atoms with E-state index in [1.807, 2.05) is 0 Å². The Balaban J connectivity index is 1.55. The Morgan fingerprint density at radius 2 is 1.79 bits per heavy atom. The number of carbonyl (C=O) groups is 2. The van der Waals surface area contributed by atoms with Gasteiger partial charge in [-0.2, -0.15) is 0 Å². The summed E-state index contributed by atoms with van der Waals surface area (Å²) in [5.74, 6) is 1.43. The maximum absolute atomic E-state index is 13.6. The molecular weight excluding hydrogens is 509 g/mol. The van der Waals surface area contributed by atoms with Crippen LogP contribution in [0.2, 0.25) is 18.1 Å². The lowest BCUT2D eigenvalue weighted by Crippen LogP contribution is -2.59. The van der Waals surface area contributed by atoms with Crippen LogP contribution in [0.15, 0.2) is 11.6 Å². The highest BCUT2D eigenvalue weighted by atomic mass is 32.2. The second-order valence-corrected chi connectivity index (χ2v) is 21.4. The first-order chi connectivity index (χ1) is 17.4. The average molecular weight is 563 g/mol. The summed E-state index contributed by atoms with van der Waals surface area (Å²) in [5.41, 5.74) is -0.368. The first-order valence-corrected chi connectivity index (χ1v) is 19.1. The smallest absolute Gasteiger partial charge is 0.195 e. The minimum atomic E-state index is -1.81. The molecule has 0 saturated heterocycles. The molecule has 4 rings (SSSR count). The van der Waals surface area contributed by atoms with E-state index in [2.05, 4.69) is 67.6 Å². The summed E-state index contributed by atoms with van der Waals surface area (Å²) < 4.78 is 6.87. The maximum Gasteiger partial charge on any atom is 0.195 e. The standard InChI is InChI=1S/C32H54O4SSi/c1-20(2)19-37-28(34)21(3)32(35)27(33)18-26-24-12-11-22-17-23(36-38(9,10)29(4,5)6)13-15-30(22,7)25(24)14-16-31(26,32)8/h11,20-21,23-26,35H,12-19H2,1-10H3/t21-,23+,24-,25+,26+,30+,31+,32-/m1/s1. The van der Waals surface area contributed by atoms with Crippen LogP contribution in [0.25, 0.3) is 0 Å². The molecule has 8 atom stereocenters. The van der Waals surface area contributed by atoms with Crippen LogP contribution in [0.5, 0.6) is 0 Å². The highest BCUT2D eigenvalue weighted by Crippen LogP contribution is 2.67. The lowest BCUT2D eigenvalue weighted by atomic mass is 9.46. The van der Waals surface area contributed by atoms with Gasteiger partial charge in [0.25, 0.3) is 0 Å².